The number of sulfone groups is 1. The first kappa shape index (κ1) is 14.1. The molecule has 96 valence electrons. The van der Waals surface area contributed by atoms with Crippen LogP contribution in [0.1, 0.15) is 24.1 Å². The summed E-state index contributed by atoms with van der Waals surface area (Å²) in [5.74, 6) is -0.316. The van der Waals surface area contributed by atoms with Crippen LogP contribution in [0.5, 0.6) is 0 Å². The van der Waals surface area contributed by atoms with E-state index in [1.165, 1.54) is 12.3 Å². The van der Waals surface area contributed by atoms with E-state index < -0.39 is 21.1 Å². The molecule has 0 fully saturated rings. The summed E-state index contributed by atoms with van der Waals surface area (Å²) in [6.07, 6.45) is 1.19. The molecule has 1 aromatic rings. The summed E-state index contributed by atoms with van der Waals surface area (Å²) in [6, 6.07) is 4.39. The summed E-state index contributed by atoms with van der Waals surface area (Å²) in [5.41, 5.74) is 1.20. The van der Waals surface area contributed by atoms with Gasteiger partial charge in [0.15, 0.2) is 9.84 Å². The smallest absolute Gasteiger partial charge is 0.151 e. The third-order valence-corrected chi connectivity index (χ3v) is 4.63. The Labute approximate surface area is 102 Å². The molecule has 0 amide bonds. The minimum Gasteiger partial charge on any atom is -0.312 e. The Morgan fingerprint density at radius 2 is 1.94 bits per heavy atom. The predicted octanol–water partition coefficient (Wildman–Crippen LogP) is 1.83. The van der Waals surface area contributed by atoms with Crippen molar-refractivity contribution < 1.29 is 12.8 Å². The Balaban J connectivity index is 3.14. The molecule has 2 unspecified atom stereocenters. The first-order valence-electron chi connectivity index (χ1n) is 5.39. The van der Waals surface area contributed by atoms with E-state index in [0.29, 0.717) is 11.1 Å². The van der Waals surface area contributed by atoms with Crippen LogP contribution in [-0.2, 0) is 9.84 Å². The van der Waals surface area contributed by atoms with Crippen molar-refractivity contribution in [2.45, 2.75) is 25.1 Å². The van der Waals surface area contributed by atoms with Crippen LogP contribution >= 0.6 is 0 Å². The molecule has 0 bridgehead atoms. The number of hydrogen-bond acceptors (Lipinski definition) is 3. The van der Waals surface area contributed by atoms with Gasteiger partial charge in [-0.1, -0.05) is 12.1 Å². The fourth-order valence-corrected chi connectivity index (χ4v) is 2.51. The Hall–Kier alpha value is -0.940. The Kier molecular flexibility index (Phi) is 4.27. The number of benzene rings is 1. The van der Waals surface area contributed by atoms with Crippen LogP contribution in [0.4, 0.5) is 4.39 Å². The molecule has 1 rings (SSSR count). The van der Waals surface area contributed by atoms with Crippen molar-refractivity contribution in [3.63, 3.8) is 0 Å². The fraction of sp³-hybridized carbons (Fsp3) is 0.500. The van der Waals surface area contributed by atoms with Gasteiger partial charge < -0.3 is 5.32 Å². The van der Waals surface area contributed by atoms with E-state index in [0.717, 1.165) is 0 Å². The highest BCUT2D eigenvalue weighted by Gasteiger charge is 2.26. The van der Waals surface area contributed by atoms with Crippen LogP contribution in [0.3, 0.4) is 0 Å². The van der Waals surface area contributed by atoms with Crippen molar-refractivity contribution in [2.75, 3.05) is 13.3 Å². The predicted molar refractivity (Wildman–Crippen MR) is 67.2 cm³/mol. The summed E-state index contributed by atoms with van der Waals surface area (Å²) in [5, 5.41) is 2.32. The number of nitrogens with one attached hydrogen (secondary N) is 1. The Morgan fingerprint density at radius 3 is 2.35 bits per heavy atom. The molecule has 0 heterocycles. The van der Waals surface area contributed by atoms with Gasteiger partial charge in [-0.15, -0.1) is 0 Å². The first-order valence-corrected chi connectivity index (χ1v) is 7.35. The fourth-order valence-electron chi connectivity index (χ4n) is 1.72. The second kappa shape index (κ2) is 5.14. The third-order valence-electron chi connectivity index (χ3n) is 3.01. The second-order valence-corrected chi connectivity index (χ2v) is 6.71. The van der Waals surface area contributed by atoms with E-state index in [4.69, 9.17) is 0 Å². The van der Waals surface area contributed by atoms with E-state index in [-0.39, 0.29) is 5.82 Å². The van der Waals surface area contributed by atoms with Gasteiger partial charge in [-0.3, -0.25) is 0 Å². The Bertz CT molecular complexity index is 499. The van der Waals surface area contributed by atoms with Gasteiger partial charge in [0.1, 0.15) is 5.82 Å². The number of hydrogen-bond donors (Lipinski definition) is 1. The van der Waals surface area contributed by atoms with Gasteiger partial charge in [-0.05, 0) is 38.1 Å². The minimum atomic E-state index is -3.17. The van der Waals surface area contributed by atoms with E-state index in [2.05, 4.69) is 5.32 Å². The zero-order valence-electron chi connectivity index (χ0n) is 10.5. The second-order valence-electron chi connectivity index (χ2n) is 4.31. The van der Waals surface area contributed by atoms with Gasteiger partial charge >= 0.3 is 0 Å². The molecular weight excluding hydrogens is 241 g/mol. The molecule has 0 aliphatic heterocycles. The summed E-state index contributed by atoms with van der Waals surface area (Å²) in [6.45, 7) is 3.29. The Morgan fingerprint density at radius 1 is 1.35 bits per heavy atom. The summed E-state index contributed by atoms with van der Waals surface area (Å²) >= 11 is 0. The summed E-state index contributed by atoms with van der Waals surface area (Å²) in [4.78, 5) is 0. The monoisotopic (exact) mass is 259 g/mol. The van der Waals surface area contributed by atoms with E-state index in [9.17, 15) is 12.8 Å². The maximum absolute atomic E-state index is 13.5. The average molecular weight is 259 g/mol. The molecule has 2 atom stereocenters. The zero-order chi connectivity index (χ0) is 13.2. The van der Waals surface area contributed by atoms with Crippen molar-refractivity contribution >= 4 is 9.84 Å². The SMILES string of the molecule is CNC(c1ccc(C)c(F)c1)C(C)S(C)(=O)=O. The van der Waals surface area contributed by atoms with Crippen LogP contribution in [0.25, 0.3) is 0 Å². The van der Waals surface area contributed by atoms with Gasteiger partial charge in [-0.25, -0.2) is 12.8 Å². The molecule has 0 aliphatic rings. The molecule has 17 heavy (non-hydrogen) atoms. The van der Waals surface area contributed by atoms with E-state index >= 15 is 0 Å². The van der Waals surface area contributed by atoms with Crippen molar-refractivity contribution in [2.24, 2.45) is 0 Å². The highest BCUT2D eigenvalue weighted by Crippen LogP contribution is 2.23. The summed E-state index contributed by atoms with van der Waals surface area (Å²) in [7, 11) is -1.50. The lowest BCUT2D eigenvalue weighted by molar-refractivity contribution is 0.530. The quantitative estimate of drug-likeness (QED) is 0.897. The normalized spacial score (nSPS) is 15.6. The molecule has 1 aromatic carbocycles. The molecule has 0 saturated carbocycles. The maximum atomic E-state index is 13.5. The molecule has 0 spiro atoms. The van der Waals surface area contributed by atoms with Crippen LogP contribution in [0.2, 0.25) is 0 Å². The lowest BCUT2D eigenvalue weighted by Gasteiger charge is -2.22. The van der Waals surface area contributed by atoms with Crippen molar-refractivity contribution in [3.8, 4) is 0 Å². The van der Waals surface area contributed by atoms with Crippen molar-refractivity contribution in [1.29, 1.82) is 0 Å². The molecule has 3 nitrogen and oxygen atoms in total. The van der Waals surface area contributed by atoms with E-state index in [1.807, 2.05) is 0 Å². The third kappa shape index (κ3) is 3.26. The molecular formula is C12H18FNO2S. The molecule has 0 radical (unpaired) electrons. The zero-order valence-corrected chi connectivity index (χ0v) is 11.3. The summed E-state index contributed by atoms with van der Waals surface area (Å²) < 4.78 is 36.5. The first-order chi connectivity index (χ1) is 7.77. The van der Waals surface area contributed by atoms with E-state index in [1.54, 1.807) is 33.0 Å². The van der Waals surface area contributed by atoms with Gasteiger partial charge in [0.05, 0.1) is 5.25 Å². The highest BCUT2D eigenvalue weighted by atomic mass is 32.2. The molecule has 5 heteroatoms. The van der Waals surface area contributed by atoms with Gasteiger partial charge in [0.25, 0.3) is 0 Å². The van der Waals surface area contributed by atoms with Gasteiger partial charge in [0, 0.05) is 12.3 Å². The lowest BCUT2D eigenvalue weighted by Crippen LogP contribution is -2.33. The van der Waals surface area contributed by atoms with Crippen molar-refractivity contribution in [3.05, 3.63) is 35.1 Å². The minimum absolute atomic E-state index is 0.316. The number of halogens is 1. The molecule has 0 aliphatic carbocycles. The maximum Gasteiger partial charge on any atom is 0.151 e. The molecule has 1 N–H and O–H groups in total. The highest BCUT2D eigenvalue weighted by molar-refractivity contribution is 7.91. The molecule has 0 aromatic heterocycles. The van der Waals surface area contributed by atoms with Crippen molar-refractivity contribution in [1.82, 2.24) is 5.32 Å². The van der Waals surface area contributed by atoms with Crippen LogP contribution < -0.4 is 5.32 Å². The average Bonchev–Trinajstić information content (AvgIpc) is 2.23. The number of rotatable bonds is 4. The van der Waals surface area contributed by atoms with Gasteiger partial charge in [-0.2, -0.15) is 0 Å². The number of aryl methyl sites for hydroxylation is 1. The largest absolute Gasteiger partial charge is 0.312 e. The lowest BCUT2D eigenvalue weighted by atomic mass is 10.0. The van der Waals surface area contributed by atoms with Gasteiger partial charge in [0.2, 0.25) is 0 Å². The van der Waals surface area contributed by atoms with Crippen LogP contribution in [-0.4, -0.2) is 27.0 Å². The van der Waals surface area contributed by atoms with Crippen LogP contribution in [0, 0.1) is 12.7 Å². The van der Waals surface area contributed by atoms with Crippen LogP contribution in [0.15, 0.2) is 18.2 Å². The standard InChI is InChI=1S/C12H18FNO2S/c1-8-5-6-10(7-11(8)13)12(14-3)9(2)17(4,15)16/h5-7,9,12,14H,1-4H3. The topological polar surface area (TPSA) is 46.2 Å². The molecule has 0 saturated heterocycles.